The highest BCUT2D eigenvalue weighted by Gasteiger charge is 2.14. The fraction of sp³-hybridized carbons (Fsp3) is 0.188. The number of ether oxygens (including phenoxy) is 3. The van der Waals surface area contributed by atoms with Crippen LogP contribution in [-0.4, -0.2) is 32.5 Å². The molecule has 9 heteroatoms. The van der Waals surface area contributed by atoms with Crippen molar-refractivity contribution in [3.63, 3.8) is 0 Å². The van der Waals surface area contributed by atoms with E-state index in [-0.39, 0.29) is 10.6 Å². The summed E-state index contributed by atoms with van der Waals surface area (Å²) in [5.74, 6) is 0.388. The van der Waals surface area contributed by atoms with E-state index < -0.39 is 16.4 Å². The molecule has 0 saturated heterocycles. The van der Waals surface area contributed by atoms with Crippen molar-refractivity contribution in [1.82, 2.24) is 0 Å². The first-order chi connectivity index (χ1) is 11.9. The van der Waals surface area contributed by atoms with Crippen molar-refractivity contribution in [1.29, 1.82) is 0 Å². The van der Waals surface area contributed by atoms with Gasteiger partial charge in [-0.3, -0.25) is 15.1 Å². The Morgan fingerprint density at radius 3 is 2.16 bits per heavy atom. The van der Waals surface area contributed by atoms with E-state index in [1.807, 2.05) is 0 Å². The van der Waals surface area contributed by atoms with E-state index >= 15 is 0 Å². The third kappa shape index (κ3) is 3.92. The molecule has 0 bridgehead atoms. The number of methoxy groups -OCH3 is 3. The molecular formula is C16H14ClN2O6-. The van der Waals surface area contributed by atoms with Crippen LogP contribution in [0.3, 0.4) is 0 Å². The Morgan fingerprint density at radius 2 is 1.68 bits per heavy atom. The molecule has 0 N–H and O–H groups in total. The maximum Gasteiger partial charge on any atom is 0.263 e. The number of hydrogen-bond donors (Lipinski definition) is 0. The van der Waals surface area contributed by atoms with Crippen LogP contribution in [0.1, 0.15) is 5.56 Å². The van der Waals surface area contributed by atoms with E-state index in [2.05, 4.69) is 4.99 Å². The van der Waals surface area contributed by atoms with Crippen molar-refractivity contribution in [3.05, 3.63) is 45.0 Å². The van der Waals surface area contributed by atoms with Gasteiger partial charge in [0, 0.05) is 29.4 Å². The smallest absolute Gasteiger partial charge is 0.263 e. The van der Waals surface area contributed by atoms with Gasteiger partial charge in [0.2, 0.25) is 5.75 Å². The molecule has 0 heterocycles. The summed E-state index contributed by atoms with van der Waals surface area (Å²) in [6.07, 6.45) is 1.20. The first-order valence-electron chi connectivity index (χ1n) is 6.90. The number of hydrogen-bond acceptors (Lipinski definition) is 7. The molecule has 0 amide bonds. The Balaban J connectivity index is 2.48. The van der Waals surface area contributed by atoms with Crippen LogP contribution in [0, 0.1) is 10.1 Å². The predicted molar refractivity (Wildman–Crippen MR) is 90.9 cm³/mol. The molecule has 0 fully saturated rings. The lowest BCUT2D eigenvalue weighted by Crippen LogP contribution is -2.02. The number of aliphatic imine (C=N–C) groups is 1. The van der Waals surface area contributed by atoms with Crippen molar-refractivity contribution >= 4 is 29.2 Å². The lowest BCUT2D eigenvalue weighted by Gasteiger charge is -2.13. The summed E-state index contributed by atoms with van der Waals surface area (Å²) in [7, 11) is 4.39. The van der Waals surface area contributed by atoms with Gasteiger partial charge in [0.05, 0.1) is 31.9 Å². The summed E-state index contributed by atoms with van der Waals surface area (Å²) in [5.41, 5.74) is -0.219. The van der Waals surface area contributed by atoms with Crippen molar-refractivity contribution in [2.75, 3.05) is 21.3 Å². The van der Waals surface area contributed by atoms with Crippen molar-refractivity contribution in [2.24, 2.45) is 4.99 Å². The van der Waals surface area contributed by atoms with Crippen LogP contribution >= 0.6 is 11.6 Å². The van der Waals surface area contributed by atoms with Crippen molar-refractivity contribution < 1.29 is 24.2 Å². The minimum absolute atomic E-state index is 0.00653. The summed E-state index contributed by atoms with van der Waals surface area (Å²) in [5, 5.41) is 23.0. The Bertz CT molecular complexity index is 813. The molecule has 0 aliphatic rings. The van der Waals surface area contributed by atoms with Crippen molar-refractivity contribution in [2.45, 2.75) is 0 Å². The monoisotopic (exact) mass is 365 g/mol. The molecule has 0 aliphatic heterocycles. The van der Waals surface area contributed by atoms with Crippen LogP contribution in [0.5, 0.6) is 23.0 Å². The number of benzene rings is 2. The zero-order chi connectivity index (χ0) is 18.6. The number of nitro benzene ring substituents is 1. The van der Waals surface area contributed by atoms with Crippen LogP contribution in [0.15, 0.2) is 29.3 Å². The van der Waals surface area contributed by atoms with Gasteiger partial charge in [0.15, 0.2) is 11.5 Å². The topological polar surface area (TPSA) is 106 Å². The fourth-order valence-corrected chi connectivity index (χ4v) is 2.34. The molecule has 2 aromatic rings. The lowest BCUT2D eigenvalue weighted by atomic mass is 10.2. The second kappa shape index (κ2) is 7.71. The van der Waals surface area contributed by atoms with Crippen LogP contribution in [0.4, 0.5) is 11.4 Å². The maximum absolute atomic E-state index is 12.1. The molecule has 8 nitrogen and oxygen atoms in total. The van der Waals surface area contributed by atoms with Gasteiger partial charge in [-0.15, -0.1) is 0 Å². The molecule has 0 atom stereocenters. The van der Waals surface area contributed by atoms with Crippen LogP contribution in [-0.2, 0) is 0 Å². The number of nitro groups is 1. The molecule has 0 unspecified atom stereocenters. The molecule has 0 spiro atoms. The third-order valence-corrected chi connectivity index (χ3v) is 3.48. The van der Waals surface area contributed by atoms with E-state index in [1.165, 1.54) is 33.6 Å². The minimum atomic E-state index is -0.787. The number of nitrogens with zero attached hydrogens (tertiary/aromatic N) is 2. The SMILES string of the molecule is COc1cc(N=Cc2cc(Cl)cc([N+](=O)[O-])c2[O-])cc(OC)c1OC. The Morgan fingerprint density at radius 1 is 1.08 bits per heavy atom. The Labute approximate surface area is 148 Å². The summed E-state index contributed by atoms with van der Waals surface area (Å²) in [4.78, 5) is 14.3. The maximum atomic E-state index is 12.1. The van der Waals surface area contributed by atoms with Gasteiger partial charge in [-0.1, -0.05) is 11.6 Å². The molecule has 2 aromatic carbocycles. The second-order valence-electron chi connectivity index (χ2n) is 4.74. The average Bonchev–Trinajstić information content (AvgIpc) is 2.60. The summed E-state index contributed by atoms with van der Waals surface area (Å²) in [6.45, 7) is 0. The van der Waals surface area contributed by atoms with Gasteiger partial charge in [-0.05, 0) is 17.4 Å². The largest absolute Gasteiger partial charge is 0.867 e. The standard InChI is InChI=1S/C16H15ClN2O6/c1-23-13-6-11(7-14(24-2)16(13)25-3)18-8-9-4-10(17)5-12(15(9)20)19(21)22/h4-8,20H,1-3H3/p-1. The third-order valence-electron chi connectivity index (χ3n) is 3.26. The summed E-state index contributed by atoms with van der Waals surface area (Å²) < 4.78 is 15.6. The average molecular weight is 366 g/mol. The summed E-state index contributed by atoms with van der Waals surface area (Å²) in [6, 6.07) is 5.45. The van der Waals surface area contributed by atoms with Gasteiger partial charge in [0.25, 0.3) is 5.69 Å². The molecular weight excluding hydrogens is 352 g/mol. The molecule has 2 rings (SSSR count). The zero-order valence-corrected chi connectivity index (χ0v) is 14.4. The van der Waals surface area contributed by atoms with E-state index in [0.717, 1.165) is 6.07 Å². The molecule has 0 radical (unpaired) electrons. The second-order valence-corrected chi connectivity index (χ2v) is 5.18. The molecule has 25 heavy (non-hydrogen) atoms. The lowest BCUT2D eigenvalue weighted by molar-refractivity contribution is -0.398. The molecule has 0 saturated carbocycles. The molecule has 132 valence electrons. The zero-order valence-electron chi connectivity index (χ0n) is 13.6. The highest BCUT2D eigenvalue weighted by Crippen LogP contribution is 2.41. The van der Waals surface area contributed by atoms with Gasteiger partial charge in [0.1, 0.15) is 0 Å². The first-order valence-corrected chi connectivity index (χ1v) is 7.28. The van der Waals surface area contributed by atoms with Gasteiger partial charge in [-0.25, -0.2) is 0 Å². The fourth-order valence-electron chi connectivity index (χ4n) is 2.12. The quantitative estimate of drug-likeness (QED) is 0.442. The minimum Gasteiger partial charge on any atom is -0.867 e. The van der Waals surface area contributed by atoms with Gasteiger partial charge < -0.3 is 19.3 Å². The van der Waals surface area contributed by atoms with Crippen LogP contribution in [0.25, 0.3) is 0 Å². The van der Waals surface area contributed by atoms with E-state index in [0.29, 0.717) is 22.9 Å². The molecule has 0 aliphatic carbocycles. The van der Waals surface area contributed by atoms with Crippen LogP contribution in [0.2, 0.25) is 5.02 Å². The summed E-state index contributed by atoms with van der Waals surface area (Å²) >= 11 is 5.82. The van der Waals surface area contributed by atoms with E-state index in [1.54, 1.807) is 12.1 Å². The van der Waals surface area contributed by atoms with Crippen molar-refractivity contribution in [3.8, 4) is 23.0 Å². The van der Waals surface area contributed by atoms with Gasteiger partial charge in [-0.2, -0.15) is 0 Å². The van der Waals surface area contributed by atoms with Gasteiger partial charge >= 0.3 is 0 Å². The number of rotatable bonds is 6. The molecule has 0 aromatic heterocycles. The number of halogens is 1. The normalized spacial score (nSPS) is 10.7. The Kier molecular flexibility index (Phi) is 5.66. The highest BCUT2D eigenvalue weighted by atomic mass is 35.5. The van der Waals surface area contributed by atoms with E-state index in [4.69, 9.17) is 25.8 Å². The van der Waals surface area contributed by atoms with Crippen LogP contribution < -0.4 is 19.3 Å². The first kappa shape index (κ1) is 18.3. The predicted octanol–water partition coefficient (Wildman–Crippen LogP) is 3.10. The Hall–Kier alpha value is -3.00. The highest BCUT2D eigenvalue weighted by molar-refractivity contribution is 6.31. The van der Waals surface area contributed by atoms with E-state index in [9.17, 15) is 15.2 Å².